The van der Waals surface area contributed by atoms with Gasteiger partial charge in [0.15, 0.2) is 0 Å². The number of nitrogens with two attached hydrogens (primary N) is 1. The van der Waals surface area contributed by atoms with Crippen LogP contribution in [0.25, 0.3) is 10.2 Å². The molecule has 0 aromatic carbocycles. The summed E-state index contributed by atoms with van der Waals surface area (Å²) in [6, 6.07) is 4.06. The summed E-state index contributed by atoms with van der Waals surface area (Å²) in [6.45, 7) is 8.34. The molecule has 1 unspecified atom stereocenters. The van der Waals surface area contributed by atoms with Crippen LogP contribution in [0.2, 0.25) is 0 Å². The lowest BCUT2D eigenvalue weighted by Crippen LogP contribution is -2.35. The molecule has 2 aromatic rings. The Morgan fingerprint density at radius 2 is 2.05 bits per heavy atom. The molecular formula is C16H23N3OS. The summed E-state index contributed by atoms with van der Waals surface area (Å²) in [5, 5.41) is 0.874. The van der Waals surface area contributed by atoms with Gasteiger partial charge in [0, 0.05) is 24.2 Å². The molecular weight excluding hydrogens is 282 g/mol. The molecule has 2 rings (SSSR count). The molecule has 0 bridgehead atoms. The largest absolute Gasteiger partial charge is 0.397 e. The van der Waals surface area contributed by atoms with E-state index in [9.17, 15) is 4.79 Å². The smallest absolute Gasteiger partial charge is 0.266 e. The van der Waals surface area contributed by atoms with E-state index in [2.05, 4.69) is 25.8 Å². The van der Waals surface area contributed by atoms with Crippen LogP contribution in [0.15, 0.2) is 12.1 Å². The Labute approximate surface area is 130 Å². The van der Waals surface area contributed by atoms with Crippen molar-refractivity contribution in [3.05, 3.63) is 22.7 Å². The summed E-state index contributed by atoms with van der Waals surface area (Å²) in [7, 11) is 1.85. The third-order valence-corrected chi connectivity index (χ3v) is 4.82. The number of aryl methyl sites for hydroxylation is 1. The fraction of sp³-hybridized carbons (Fsp3) is 0.500. The SMILES string of the molecule is Cc1ccc2c(N)c(C(=O)N(C)C(C)CC(C)C)sc2n1. The highest BCUT2D eigenvalue weighted by molar-refractivity contribution is 7.21. The predicted octanol–water partition coefficient (Wildman–Crippen LogP) is 3.69. The summed E-state index contributed by atoms with van der Waals surface area (Å²) in [6.07, 6.45) is 0.977. The van der Waals surface area contributed by atoms with Gasteiger partial charge in [-0.2, -0.15) is 0 Å². The van der Waals surface area contributed by atoms with E-state index < -0.39 is 0 Å². The number of fused-ring (bicyclic) bond motifs is 1. The van der Waals surface area contributed by atoms with Crippen LogP contribution in [0.3, 0.4) is 0 Å². The van der Waals surface area contributed by atoms with Gasteiger partial charge in [-0.1, -0.05) is 13.8 Å². The first-order valence-electron chi connectivity index (χ1n) is 7.24. The Morgan fingerprint density at radius 1 is 1.38 bits per heavy atom. The van der Waals surface area contributed by atoms with Crippen LogP contribution in [0, 0.1) is 12.8 Å². The van der Waals surface area contributed by atoms with Crippen LogP contribution in [0.5, 0.6) is 0 Å². The first-order chi connectivity index (χ1) is 9.81. The predicted molar refractivity (Wildman–Crippen MR) is 89.8 cm³/mol. The summed E-state index contributed by atoms with van der Waals surface area (Å²) >= 11 is 1.38. The molecule has 0 spiro atoms. The number of hydrogen-bond donors (Lipinski definition) is 1. The van der Waals surface area contributed by atoms with Crippen molar-refractivity contribution in [1.29, 1.82) is 0 Å². The lowest BCUT2D eigenvalue weighted by Gasteiger charge is -2.26. The average molecular weight is 305 g/mol. The third kappa shape index (κ3) is 3.18. The van der Waals surface area contributed by atoms with Crippen molar-refractivity contribution in [2.24, 2.45) is 5.92 Å². The molecule has 0 saturated carbocycles. The molecule has 0 aliphatic rings. The minimum absolute atomic E-state index is 0.0127. The van der Waals surface area contributed by atoms with E-state index in [0.29, 0.717) is 16.5 Å². The molecule has 4 nitrogen and oxygen atoms in total. The minimum atomic E-state index is -0.0127. The van der Waals surface area contributed by atoms with Crippen molar-refractivity contribution in [1.82, 2.24) is 9.88 Å². The van der Waals surface area contributed by atoms with E-state index in [4.69, 9.17) is 5.73 Å². The molecule has 1 amide bonds. The Bertz CT molecular complexity index is 663. The maximum atomic E-state index is 12.7. The quantitative estimate of drug-likeness (QED) is 0.937. The highest BCUT2D eigenvalue weighted by Crippen LogP contribution is 2.33. The molecule has 0 aliphatic carbocycles. The van der Waals surface area contributed by atoms with E-state index in [1.54, 1.807) is 4.90 Å². The van der Waals surface area contributed by atoms with Crippen molar-refractivity contribution in [3.8, 4) is 0 Å². The van der Waals surface area contributed by atoms with Crippen LogP contribution in [0.4, 0.5) is 5.69 Å². The third-order valence-electron chi connectivity index (χ3n) is 3.72. The maximum absolute atomic E-state index is 12.7. The fourth-order valence-corrected chi connectivity index (χ4v) is 3.57. The Hall–Kier alpha value is -1.62. The molecule has 0 aliphatic heterocycles. The Kier molecular flexibility index (Phi) is 4.52. The number of anilines is 1. The first-order valence-corrected chi connectivity index (χ1v) is 8.05. The van der Waals surface area contributed by atoms with Gasteiger partial charge in [0.05, 0.1) is 5.69 Å². The second-order valence-corrected chi connectivity index (χ2v) is 7.04. The van der Waals surface area contributed by atoms with Crippen molar-refractivity contribution < 1.29 is 4.79 Å². The monoisotopic (exact) mass is 305 g/mol. The van der Waals surface area contributed by atoms with Crippen molar-refractivity contribution in [2.75, 3.05) is 12.8 Å². The summed E-state index contributed by atoms with van der Waals surface area (Å²) in [5.74, 6) is 0.542. The lowest BCUT2D eigenvalue weighted by atomic mass is 10.0. The van der Waals surface area contributed by atoms with Crippen LogP contribution >= 0.6 is 11.3 Å². The molecule has 0 radical (unpaired) electrons. The van der Waals surface area contributed by atoms with Gasteiger partial charge in [0.1, 0.15) is 9.71 Å². The van der Waals surface area contributed by atoms with Crippen molar-refractivity contribution in [3.63, 3.8) is 0 Å². The standard InChI is InChI=1S/C16H23N3OS/c1-9(2)8-11(4)19(5)16(20)14-13(17)12-7-6-10(3)18-15(12)21-14/h6-7,9,11H,8,17H2,1-5H3. The van der Waals surface area contributed by atoms with Crippen molar-refractivity contribution in [2.45, 2.75) is 40.2 Å². The molecule has 1 atom stereocenters. The number of hydrogen-bond acceptors (Lipinski definition) is 4. The van der Waals surface area contributed by atoms with Gasteiger partial charge in [0.25, 0.3) is 5.91 Å². The van der Waals surface area contributed by atoms with Gasteiger partial charge in [0.2, 0.25) is 0 Å². The number of carbonyl (C=O) groups excluding carboxylic acids is 1. The normalized spacial score (nSPS) is 12.9. The lowest BCUT2D eigenvalue weighted by molar-refractivity contribution is 0.0734. The number of nitrogen functional groups attached to an aromatic ring is 1. The topological polar surface area (TPSA) is 59.2 Å². The van der Waals surface area contributed by atoms with Gasteiger partial charge in [-0.05, 0) is 38.3 Å². The number of thiophene rings is 1. The summed E-state index contributed by atoms with van der Waals surface area (Å²) < 4.78 is 0. The summed E-state index contributed by atoms with van der Waals surface area (Å²) in [4.78, 5) is 20.3. The second kappa shape index (κ2) is 6.02. The highest BCUT2D eigenvalue weighted by atomic mass is 32.1. The molecule has 21 heavy (non-hydrogen) atoms. The molecule has 2 N–H and O–H groups in total. The highest BCUT2D eigenvalue weighted by Gasteiger charge is 2.23. The Balaban J connectivity index is 2.33. The maximum Gasteiger partial charge on any atom is 0.266 e. The number of amides is 1. The van der Waals surface area contributed by atoms with Crippen molar-refractivity contribution >= 4 is 33.1 Å². The zero-order valence-electron chi connectivity index (χ0n) is 13.3. The van der Waals surface area contributed by atoms with Crippen LogP contribution in [0.1, 0.15) is 42.6 Å². The van der Waals surface area contributed by atoms with E-state index in [1.807, 2.05) is 26.1 Å². The molecule has 2 heterocycles. The van der Waals surface area contributed by atoms with Gasteiger partial charge in [-0.25, -0.2) is 4.98 Å². The number of aromatic nitrogens is 1. The number of pyridine rings is 1. The summed E-state index contributed by atoms with van der Waals surface area (Å²) in [5.41, 5.74) is 7.64. The zero-order chi connectivity index (χ0) is 15.7. The van der Waals surface area contributed by atoms with Crippen LogP contribution in [-0.2, 0) is 0 Å². The van der Waals surface area contributed by atoms with Gasteiger partial charge < -0.3 is 10.6 Å². The first kappa shape index (κ1) is 15.8. The zero-order valence-corrected chi connectivity index (χ0v) is 14.1. The van der Waals surface area contributed by atoms with Crippen LogP contribution < -0.4 is 5.73 Å². The van der Waals surface area contributed by atoms with E-state index in [-0.39, 0.29) is 11.9 Å². The van der Waals surface area contributed by atoms with Gasteiger partial charge >= 0.3 is 0 Å². The molecule has 0 saturated heterocycles. The van der Waals surface area contributed by atoms with E-state index in [0.717, 1.165) is 22.3 Å². The number of nitrogens with zero attached hydrogens (tertiary/aromatic N) is 2. The molecule has 0 fully saturated rings. The average Bonchev–Trinajstić information content (AvgIpc) is 2.73. The van der Waals surface area contributed by atoms with Gasteiger partial charge in [-0.15, -0.1) is 11.3 Å². The minimum Gasteiger partial charge on any atom is -0.397 e. The second-order valence-electron chi connectivity index (χ2n) is 6.04. The molecule has 114 valence electrons. The molecule has 2 aromatic heterocycles. The fourth-order valence-electron chi connectivity index (χ4n) is 2.45. The van der Waals surface area contributed by atoms with E-state index >= 15 is 0 Å². The Morgan fingerprint density at radius 3 is 2.67 bits per heavy atom. The molecule has 5 heteroatoms. The van der Waals surface area contributed by atoms with E-state index in [1.165, 1.54) is 11.3 Å². The number of carbonyl (C=O) groups is 1. The van der Waals surface area contributed by atoms with Gasteiger partial charge in [-0.3, -0.25) is 4.79 Å². The van der Waals surface area contributed by atoms with Crippen LogP contribution in [-0.4, -0.2) is 28.9 Å². The number of rotatable bonds is 4.